The van der Waals surface area contributed by atoms with Gasteiger partial charge in [-0.3, -0.25) is 4.79 Å². The van der Waals surface area contributed by atoms with Crippen LogP contribution in [0.1, 0.15) is 32.5 Å². The topological polar surface area (TPSA) is 55.4 Å². The summed E-state index contributed by atoms with van der Waals surface area (Å²) in [5, 5.41) is 2.71. The Morgan fingerprint density at radius 2 is 1.69 bits per heavy atom. The number of nitrogens with one attached hydrogen (secondary N) is 1. The monoisotopic (exact) mass is 387 g/mol. The van der Waals surface area contributed by atoms with E-state index in [0.29, 0.717) is 15.8 Å². The van der Waals surface area contributed by atoms with Crippen LogP contribution >= 0.6 is 23.5 Å². The van der Waals surface area contributed by atoms with Gasteiger partial charge in [-0.2, -0.15) is 0 Å². The molecule has 2 aromatic rings. The van der Waals surface area contributed by atoms with E-state index in [9.17, 15) is 9.59 Å². The zero-order valence-corrected chi connectivity index (χ0v) is 16.2. The minimum absolute atomic E-state index is 0.303. The van der Waals surface area contributed by atoms with E-state index in [-0.39, 0.29) is 12.5 Å². The minimum Gasteiger partial charge on any atom is -0.452 e. The largest absolute Gasteiger partial charge is 0.452 e. The van der Waals surface area contributed by atoms with E-state index >= 15 is 0 Å². The molecule has 1 N–H and O–H groups in total. The fourth-order valence-electron chi connectivity index (χ4n) is 2.50. The molecule has 1 aliphatic rings. The maximum Gasteiger partial charge on any atom is 0.338 e. The number of ether oxygens (including phenoxy) is 1. The lowest BCUT2D eigenvalue weighted by Crippen LogP contribution is -2.20. The van der Waals surface area contributed by atoms with Crippen molar-refractivity contribution in [2.24, 2.45) is 0 Å². The van der Waals surface area contributed by atoms with Crippen molar-refractivity contribution < 1.29 is 14.3 Å². The number of esters is 1. The van der Waals surface area contributed by atoms with Gasteiger partial charge in [-0.1, -0.05) is 29.8 Å². The van der Waals surface area contributed by atoms with Crippen molar-refractivity contribution in [1.29, 1.82) is 0 Å². The van der Waals surface area contributed by atoms with Gasteiger partial charge in [0.15, 0.2) is 6.61 Å². The SMILES string of the molecule is Cc1ccc(NC(=O)COC(=O)c2ccc(C3SCCCS3)cc2)cc1. The molecule has 0 aromatic heterocycles. The normalized spacial score (nSPS) is 14.7. The Kier molecular flexibility index (Phi) is 6.63. The highest BCUT2D eigenvalue weighted by Crippen LogP contribution is 2.43. The molecular formula is C20H21NO3S2. The Balaban J connectivity index is 1.49. The fraction of sp³-hybridized carbons (Fsp3) is 0.300. The summed E-state index contributed by atoms with van der Waals surface area (Å²) >= 11 is 3.88. The second kappa shape index (κ2) is 9.14. The van der Waals surface area contributed by atoms with Crippen molar-refractivity contribution in [3.05, 3.63) is 65.2 Å². The molecule has 26 heavy (non-hydrogen) atoms. The van der Waals surface area contributed by atoms with Crippen molar-refractivity contribution in [2.75, 3.05) is 23.4 Å². The number of anilines is 1. The number of carbonyl (C=O) groups excluding carboxylic acids is 2. The lowest BCUT2D eigenvalue weighted by molar-refractivity contribution is -0.119. The molecular weight excluding hydrogens is 366 g/mol. The molecule has 0 radical (unpaired) electrons. The first kappa shape index (κ1) is 18.9. The zero-order valence-electron chi connectivity index (χ0n) is 14.6. The molecule has 4 nitrogen and oxygen atoms in total. The smallest absolute Gasteiger partial charge is 0.338 e. The first-order valence-electron chi connectivity index (χ1n) is 8.48. The highest BCUT2D eigenvalue weighted by molar-refractivity contribution is 8.16. The van der Waals surface area contributed by atoms with Crippen molar-refractivity contribution >= 4 is 41.1 Å². The van der Waals surface area contributed by atoms with Gasteiger partial charge < -0.3 is 10.1 Å². The summed E-state index contributed by atoms with van der Waals surface area (Å²) in [5.74, 6) is 1.52. The van der Waals surface area contributed by atoms with Gasteiger partial charge in [-0.15, -0.1) is 23.5 Å². The molecule has 1 amide bonds. The third kappa shape index (κ3) is 5.29. The zero-order chi connectivity index (χ0) is 18.4. The van der Waals surface area contributed by atoms with Crippen LogP contribution in [0.5, 0.6) is 0 Å². The second-order valence-corrected chi connectivity index (χ2v) is 8.76. The summed E-state index contributed by atoms with van der Waals surface area (Å²) in [5.41, 5.74) is 3.47. The highest BCUT2D eigenvalue weighted by Gasteiger charge is 2.17. The van der Waals surface area contributed by atoms with Gasteiger partial charge in [-0.05, 0) is 54.7 Å². The number of hydrogen-bond donors (Lipinski definition) is 1. The summed E-state index contributed by atoms with van der Waals surface area (Å²) in [4.78, 5) is 24.0. The summed E-state index contributed by atoms with van der Waals surface area (Å²) in [6.45, 7) is 1.67. The van der Waals surface area contributed by atoms with Crippen molar-refractivity contribution in [2.45, 2.75) is 17.9 Å². The maximum atomic E-state index is 12.1. The van der Waals surface area contributed by atoms with Gasteiger partial charge in [0.25, 0.3) is 5.91 Å². The first-order valence-corrected chi connectivity index (χ1v) is 10.6. The van der Waals surface area contributed by atoms with E-state index in [4.69, 9.17) is 4.74 Å². The lowest BCUT2D eigenvalue weighted by atomic mass is 10.1. The van der Waals surface area contributed by atoms with Gasteiger partial charge in [0.1, 0.15) is 0 Å². The quantitative estimate of drug-likeness (QED) is 0.756. The van der Waals surface area contributed by atoms with Crippen LogP contribution < -0.4 is 5.32 Å². The molecule has 0 saturated carbocycles. The third-order valence-corrected chi connectivity index (χ3v) is 6.93. The predicted molar refractivity (Wildman–Crippen MR) is 109 cm³/mol. The predicted octanol–water partition coefficient (Wildman–Crippen LogP) is 4.66. The number of rotatable bonds is 5. The molecule has 1 heterocycles. The summed E-state index contributed by atoms with van der Waals surface area (Å²) < 4.78 is 5.55. The molecule has 136 valence electrons. The van der Waals surface area contributed by atoms with Gasteiger partial charge in [-0.25, -0.2) is 4.79 Å². The molecule has 0 atom stereocenters. The van der Waals surface area contributed by atoms with Gasteiger partial charge >= 0.3 is 5.97 Å². The van der Waals surface area contributed by atoms with Crippen LogP contribution in [0.2, 0.25) is 0 Å². The van der Waals surface area contributed by atoms with Gasteiger partial charge in [0, 0.05) is 5.69 Å². The molecule has 0 spiro atoms. The lowest BCUT2D eigenvalue weighted by Gasteiger charge is -2.21. The number of thioether (sulfide) groups is 2. The van der Waals surface area contributed by atoms with E-state index in [1.165, 1.54) is 23.5 Å². The van der Waals surface area contributed by atoms with Crippen LogP contribution in [-0.4, -0.2) is 30.0 Å². The van der Waals surface area contributed by atoms with E-state index < -0.39 is 5.97 Å². The molecule has 0 aliphatic carbocycles. The standard InChI is InChI=1S/C20H21NO3S2/c1-14-3-9-17(10-4-14)21-18(22)13-24-19(23)15-5-7-16(8-6-15)20-25-11-2-12-26-20/h3-10,20H,2,11-13H2,1H3,(H,21,22). The van der Waals surface area contributed by atoms with Crippen LogP contribution in [0.25, 0.3) is 0 Å². The average molecular weight is 388 g/mol. The van der Waals surface area contributed by atoms with Crippen LogP contribution in [0.4, 0.5) is 5.69 Å². The maximum absolute atomic E-state index is 12.1. The molecule has 2 aromatic carbocycles. The fourth-order valence-corrected chi connectivity index (χ4v) is 5.40. The number of hydrogen-bond acceptors (Lipinski definition) is 5. The van der Waals surface area contributed by atoms with E-state index in [2.05, 4.69) is 5.32 Å². The van der Waals surface area contributed by atoms with Crippen LogP contribution in [0.15, 0.2) is 48.5 Å². The van der Waals surface area contributed by atoms with Crippen LogP contribution in [-0.2, 0) is 9.53 Å². The Labute approximate surface area is 162 Å². The molecule has 6 heteroatoms. The second-order valence-electron chi connectivity index (χ2n) is 6.04. The average Bonchev–Trinajstić information content (AvgIpc) is 2.69. The van der Waals surface area contributed by atoms with E-state index in [0.717, 1.165) is 5.56 Å². The summed E-state index contributed by atoms with van der Waals surface area (Å²) in [6, 6.07) is 14.9. The minimum atomic E-state index is -0.487. The Morgan fingerprint density at radius 1 is 1.04 bits per heavy atom. The molecule has 3 rings (SSSR count). The molecule has 0 unspecified atom stereocenters. The number of amides is 1. The molecule has 1 fully saturated rings. The van der Waals surface area contributed by atoms with Crippen molar-refractivity contribution in [3.63, 3.8) is 0 Å². The molecule has 0 bridgehead atoms. The Morgan fingerprint density at radius 3 is 2.35 bits per heavy atom. The van der Waals surface area contributed by atoms with E-state index in [1.807, 2.05) is 66.8 Å². The van der Waals surface area contributed by atoms with Crippen molar-refractivity contribution in [1.82, 2.24) is 0 Å². The Hall–Kier alpha value is -1.92. The summed E-state index contributed by atoms with van der Waals surface area (Å²) in [7, 11) is 0. The van der Waals surface area contributed by atoms with Crippen molar-refractivity contribution in [3.8, 4) is 0 Å². The van der Waals surface area contributed by atoms with E-state index in [1.54, 1.807) is 12.1 Å². The van der Waals surface area contributed by atoms with Crippen LogP contribution in [0, 0.1) is 6.92 Å². The number of carbonyl (C=O) groups is 2. The Bertz CT molecular complexity index is 754. The third-order valence-electron chi connectivity index (χ3n) is 3.92. The summed E-state index contributed by atoms with van der Waals surface area (Å²) in [6.07, 6.45) is 1.25. The highest BCUT2D eigenvalue weighted by atomic mass is 32.2. The number of benzene rings is 2. The first-order chi connectivity index (χ1) is 12.6. The molecule has 1 saturated heterocycles. The van der Waals surface area contributed by atoms with Crippen LogP contribution in [0.3, 0.4) is 0 Å². The molecule has 1 aliphatic heterocycles. The van der Waals surface area contributed by atoms with Gasteiger partial charge in [0.2, 0.25) is 0 Å². The number of aryl methyl sites for hydroxylation is 1. The van der Waals surface area contributed by atoms with Gasteiger partial charge in [0.05, 0.1) is 10.1 Å².